The van der Waals surface area contributed by atoms with Crippen molar-refractivity contribution >= 4 is 0 Å². The van der Waals surface area contributed by atoms with Crippen LogP contribution in [0.15, 0.2) is 24.3 Å². The van der Waals surface area contributed by atoms with E-state index in [2.05, 4.69) is 24.3 Å². The SMILES string of the molecule is CC(C)Oc1ccc(C2(CN)CCC2)cc1. The first-order valence-electron chi connectivity index (χ1n) is 6.13. The summed E-state index contributed by atoms with van der Waals surface area (Å²) in [5.41, 5.74) is 7.52. The third kappa shape index (κ3) is 2.07. The van der Waals surface area contributed by atoms with Crippen LogP contribution in [0.4, 0.5) is 0 Å². The minimum absolute atomic E-state index is 0.234. The van der Waals surface area contributed by atoms with Crippen molar-refractivity contribution in [3.8, 4) is 5.75 Å². The highest BCUT2D eigenvalue weighted by molar-refractivity contribution is 5.34. The number of rotatable bonds is 4. The molecule has 1 saturated carbocycles. The minimum atomic E-state index is 0.234. The van der Waals surface area contributed by atoms with E-state index in [0.29, 0.717) is 0 Å². The fraction of sp³-hybridized carbons (Fsp3) is 0.571. The van der Waals surface area contributed by atoms with Crippen LogP contribution in [0.1, 0.15) is 38.7 Å². The van der Waals surface area contributed by atoms with Gasteiger partial charge in [0.2, 0.25) is 0 Å². The van der Waals surface area contributed by atoms with E-state index in [1.54, 1.807) is 0 Å². The Morgan fingerprint density at radius 3 is 2.25 bits per heavy atom. The number of ether oxygens (including phenoxy) is 1. The topological polar surface area (TPSA) is 35.2 Å². The first-order chi connectivity index (χ1) is 7.66. The van der Waals surface area contributed by atoms with E-state index in [-0.39, 0.29) is 11.5 Å². The molecule has 1 aromatic rings. The first kappa shape index (κ1) is 11.5. The quantitative estimate of drug-likeness (QED) is 0.845. The van der Waals surface area contributed by atoms with E-state index < -0.39 is 0 Å². The van der Waals surface area contributed by atoms with Crippen LogP contribution in [0.3, 0.4) is 0 Å². The lowest BCUT2D eigenvalue weighted by atomic mass is 9.64. The zero-order chi connectivity index (χ0) is 11.6. The van der Waals surface area contributed by atoms with Gasteiger partial charge in [-0.05, 0) is 44.4 Å². The molecule has 0 amide bonds. The van der Waals surface area contributed by atoms with E-state index in [0.717, 1.165) is 12.3 Å². The molecular weight excluding hydrogens is 198 g/mol. The molecule has 0 atom stereocenters. The van der Waals surface area contributed by atoms with Crippen molar-refractivity contribution < 1.29 is 4.74 Å². The predicted octanol–water partition coefficient (Wildman–Crippen LogP) is 2.85. The van der Waals surface area contributed by atoms with E-state index in [9.17, 15) is 0 Å². The van der Waals surface area contributed by atoms with Crippen molar-refractivity contribution in [2.75, 3.05) is 6.54 Å². The minimum Gasteiger partial charge on any atom is -0.491 e. The normalized spacial score (nSPS) is 18.2. The molecule has 1 aliphatic carbocycles. The van der Waals surface area contributed by atoms with Crippen LogP contribution in [0.5, 0.6) is 5.75 Å². The second kappa shape index (κ2) is 4.46. The molecule has 0 heterocycles. The van der Waals surface area contributed by atoms with Crippen LogP contribution >= 0.6 is 0 Å². The van der Waals surface area contributed by atoms with Crippen molar-refractivity contribution in [1.29, 1.82) is 0 Å². The average Bonchev–Trinajstić information content (AvgIpc) is 2.19. The molecule has 1 fully saturated rings. The molecule has 16 heavy (non-hydrogen) atoms. The third-order valence-corrected chi connectivity index (χ3v) is 3.54. The number of hydrogen-bond donors (Lipinski definition) is 1. The molecule has 0 aromatic heterocycles. The maximum atomic E-state index is 5.89. The lowest BCUT2D eigenvalue weighted by molar-refractivity contribution is 0.239. The van der Waals surface area contributed by atoms with Gasteiger partial charge in [-0.2, -0.15) is 0 Å². The largest absolute Gasteiger partial charge is 0.491 e. The van der Waals surface area contributed by atoms with E-state index >= 15 is 0 Å². The molecule has 0 saturated heterocycles. The number of hydrogen-bond acceptors (Lipinski definition) is 2. The van der Waals surface area contributed by atoms with E-state index in [4.69, 9.17) is 10.5 Å². The van der Waals surface area contributed by atoms with Gasteiger partial charge in [0.05, 0.1) is 6.10 Å². The number of nitrogens with two attached hydrogens (primary N) is 1. The van der Waals surface area contributed by atoms with Gasteiger partial charge in [0.15, 0.2) is 0 Å². The van der Waals surface area contributed by atoms with Crippen molar-refractivity contribution in [3.05, 3.63) is 29.8 Å². The van der Waals surface area contributed by atoms with Crippen molar-refractivity contribution in [3.63, 3.8) is 0 Å². The van der Waals surface area contributed by atoms with E-state index in [1.807, 2.05) is 13.8 Å². The summed E-state index contributed by atoms with van der Waals surface area (Å²) in [4.78, 5) is 0. The Bertz CT molecular complexity index is 333. The molecule has 2 nitrogen and oxygen atoms in total. The monoisotopic (exact) mass is 219 g/mol. The summed E-state index contributed by atoms with van der Waals surface area (Å²) in [6, 6.07) is 8.46. The number of benzene rings is 1. The second-order valence-corrected chi connectivity index (χ2v) is 5.03. The van der Waals surface area contributed by atoms with Crippen LogP contribution in [-0.2, 0) is 5.41 Å². The van der Waals surface area contributed by atoms with Crippen molar-refractivity contribution in [2.24, 2.45) is 5.73 Å². The van der Waals surface area contributed by atoms with Gasteiger partial charge in [0.25, 0.3) is 0 Å². The summed E-state index contributed by atoms with van der Waals surface area (Å²) in [5.74, 6) is 0.949. The fourth-order valence-electron chi connectivity index (χ4n) is 2.37. The van der Waals surface area contributed by atoms with Crippen LogP contribution in [-0.4, -0.2) is 12.6 Å². The van der Waals surface area contributed by atoms with Gasteiger partial charge in [-0.1, -0.05) is 18.6 Å². The average molecular weight is 219 g/mol. The van der Waals surface area contributed by atoms with Crippen molar-refractivity contribution in [2.45, 2.75) is 44.6 Å². The van der Waals surface area contributed by atoms with Gasteiger partial charge >= 0.3 is 0 Å². The predicted molar refractivity (Wildman–Crippen MR) is 66.8 cm³/mol. The Balaban J connectivity index is 2.12. The Morgan fingerprint density at radius 1 is 1.25 bits per heavy atom. The highest BCUT2D eigenvalue weighted by atomic mass is 16.5. The van der Waals surface area contributed by atoms with Crippen LogP contribution < -0.4 is 10.5 Å². The fourth-order valence-corrected chi connectivity index (χ4v) is 2.37. The lowest BCUT2D eigenvalue weighted by Crippen LogP contribution is -2.41. The van der Waals surface area contributed by atoms with Gasteiger partial charge in [0.1, 0.15) is 5.75 Å². The van der Waals surface area contributed by atoms with Gasteiger partial charge in [-0.25, -0.2) is 0 Å². The zero-order valence-corrected chi connectivity index (χ0v) is 10.2. The summed E-state index contributed by atoms with van der Waals surface area (Å²) < 4.78 is 5.64. The highest BCUT2D eigenvalue weighted by Gasteiger charge is 2.36. The van der Waals surface area contributed by atoms with Gasteiger partial charge in [-0.3, -0.25) is 0 Å². The Hall–Kier alpha value is -1.02. The molecule has 88 valence electrons. The highest BCUT2D eigenvalue weighted by Crippen LogP contribution is 2.43. The van der Waals surface area contributed by atoms with E-state index in [1.165, 1.54) is 24.8 Å². The van der Waals surface area contributed by atoms with Crippen LogP contribution in [0.2, 0.25) is 0 Å². The molecule has 0 unspecified atom stereocenters. The molecule has 0 bridgehead atoms. The molecule has 1 aliphatic rings. The molecular formula is C14H21NO. The maximum absolute atomic E-state index is 5.89. The zero-order valence-electron chi connectivity index (χ0n) is 10.2. The van der Waals surface area contributed by atoms with Gasteiger partial charge in [0, 0.05) is 12.0 Å². The lowest BCUT2D eigenvalue weighted by Gasteiger charge is -2.41. The van der Waals surface area contributed by atoms with Gasteiger partial charge in [-0.15, -0.1) is 0 Å². The first-order valence-corrected chi connectivity index (χ1v) is 6.13. The summed E-state index contributed by atoms with van der Waals surface area (Å²) in [7, 11) is 0. The summed E-state index contributed by atoms with van der Waals surface area (Å²) in [6.07, 6.45) is 4.00. The standard InChI is InChI=1S/C14H21NO/c1-11(2)16-13-6-4-12(5-7-13)14(10-15)8-3-9-14/h4-7,11H,3,8-10,15H2,1-2H3. The molecule has 1 aromatic carbocycles. The van der Waals surface area contributed by atoms with Gasteiger partial charge < -0.3 is 10.5 Å². The molecule has 0 spiro atoms. The molecule has 2 heteroatoms. The van der Waals surface area contributed by atoms with Crippen LogP contribution in [0, 0.1) is 0 Å². The summed E-state index contributed by atoms with van der Waals surface area (Å²) in [6.45, 7) is 4.85. The molecule has 2 N–H and O–H groups in total. The second-order valence-electron chi connectivity index (χ2n) is 5.03. The van der Waals surface area contributed by atoms with Crippen molar-refractivity contribution in [1.82, 2.24) is 0 Å². The Morgan fingerprint density at radius 2 is 1.88 bits per heavy atom. The molecule has 2 rings (SSSR count). The molecule has 0 radical (unpaired) electrons. The summed E-state index contributed by atoms with van der Waals surface area (Å²) in [5, 5.41) is 0. The summed E-state index contributed by atoms with van der Waals surface area (Å²) >= 11 is 0. The Kier molecular flexibility index (Phi) is 3.20. The molecule has 0 aliphatic heterocycles. The Labute approximate surface area is 97.8 Å². The smallest absolute Gasteiger partial charge is 0.119 e. The third-order valence-electron chi connectivity index (χ3n) is 3.54. The maximum Gasteiger partial charge on any atom is 0.119 e. The van der Waals surface area contributed by atoms with Crippen LogP contribution in [0.25, 0.3) is 0 Å².